The lowest BCUT2D eigenvalue weighted by Gasteiger charge is -2.30. The maximum Gasteiger partial charge on any atom is 0.316 e. The van der Waals surface area contributed by atoms with E-state index in [1.54, 1.807) is 0 Å². The number of carbonyl (C=O) groups excluding carboxylic acids is 1. The van der Waals surface area contributed by atoms with Crippen LogP contribution in [0.1, 0.15) is 103 Å². The molecular weight excluding hydrogens is 468 g/mol. The third kappa shape index (κ3) is 6.49. The first-order valence-electron chi connectivity index (χ1n) is 13.6. The third-order valence-electron chi connectivity index (χ3n) is 7.35. The molecule has 0 aliphatic rings. The Labute approximate surface area is 230 Å². The summed E-state index contributed by atoms with van der Waals surface area (Å²) in [6.45, 7) is 24.9. The molecule has 0 atom stereocenters. The van der Waals surface area contributed by atoms with Crippen molar-refractivity contribution in [1.82, 2.24) is 0 Å². The molecule has 0 bridgehead atoms. The van der Waals surface area contributed by atoms with Crippen molar-refractivity contribution in [3.63, 3.8) is 0 Å². The van der Waals surface area contributed by atoms with Gasteiger partial charge in [-0.1, -0.05) is 76.2 Å². The van der Waals surface area contributed by atoms with E-state index in [2.05, 4.69) is 110 Å². The smallest absolute Gasteiger partial charge is 0.316 e. The summed E-state index contributed by atoms with van der Waals surface area (Å²) in [4.78, 5) is 12.4. The van der Waals surface area contributed by atoms with E-state index in [1.807, 2.05) is 33.8 Å². The second-order valence-electron chi connectivity index (χ2n) is 13.6. The molecule has 0 fully saturated rings. The maximum absolute atomic E-state index is 12.4. The largest absolute Gasteiger partial charge is 0.488 e. The lowest BCUT2D eigenvalue weighted by molar-refractivity contribution is -0.143. The average molecular weight is 515 g/mol. The number of esters is 1. The maximum atomic E-state index is 12.4. The highest BCUT2D eigenvalue weighted by molar-refractivity contribution is 5.78. The van der Waals surface area contributed by atoms with Gasteiger partial charge in [0.1, 0.15) is 17.1 Å². The zero-order chi connectivity index (χ0) is 28.7. The molecule has 38 heavy (non-hydrogen) atoms. The van der Waals surface area contributed by atoms with Crippen LogP contribution < -0.4 is 9.47 Å². The number of hydrogen-bond donors (Lipinski definition) is 0. The highest BCUT2D eigenvalue weighted by Gasteiger charge is 2.29. The highest BCUT2D eigenvalue weighted by Crippen LogP contribution is 2.38. The summed E-state index contributed by atoms with van der Waals surface area (Å²) in [6.07, 6.45) is 0. The van der Waals surface area contributed by atoms with Gasteiger partial charge < -0.3 is 9.47 Å². The van der Waals surface area contributed by atoms with Crippen LogP contribution in [0.25, 0.3) is 0 Å². The molecule has 0 aliphatic heterocycles. The third-order valence-corrected chi connectivity index (χ3v) is 7.35. The van der Waals surface area contributed by atoms with Crippen LogP contribution in [0.5, 0.6) is 11.5 Å². The Morgan fingerprint density at radius 2 is 0.921 bits per heavy atom. The molecular formula is C35H46O3. The van der Waals surface area contributed by atoms with Crippen LogP contribution in [0.3, 0.4) is 0 Å². The molecule has 0 saturated heterocycles. The molecule has 0 N–H and O–H groups in total. The minimum absolute atomic E-state index is 0.150. The Bertz CT molecular complexity index is 1300. The second-order valence-corrected chi connectivity index (χ2v) is 13.6. The standard InChI is InChI=1S/C35H46O3/c1-23-21-27(17-19-29(23)37-31(36)32(3,4)5)34(9,10)25-13-15-26(16-14-25)35(11,12)28-18-20-30(24(2)22-28)38-33(6,7)8/h13-22H,1-12H3. The van der Waals surface area contributed by atoms with Gasteiger partial charge in [-0.05, 0) is 101 Å². The molecule has 0 spiro atoms. The molecule has 0 saturated carbocycles. The normalized spacial score (nSPS) is 12.8. The predicted octanol–water partition coefficient (Wildman–Crippen LogP) is 9.08. The molecule has 3 rings (SSSR count). The number of aryl methyl sites for hydroxylation is 2. The summed E-state index contributed by atoms with van der Waals surface area (Å²) >= 11 is 0. The Morgan fingerprint density at radius 1 is 0.553 bits per heavy atom. The first kappa shape index (κ1) is 29.5. The monoisotopic (exact) mass is 514 g/mol. The predicted molar refractivity (Wildman–Crippen MR) is 159 cm³/mol. The lowest BCUT2D eigenvalue weighted by Crippen LogP contribution is -2.26. The van der Waals surface area contributed by atoms with Gasteiger partial charge in [0, 0.05) is 10.8 Å². The van der Waals surface area contributed by atoms with Crippen LogP contribution in [-0.2, 0) is 15.6 Å². The zero-order valence-corrected chi connectivity index (χ0v) is 25.5. The minimum Gasteiger partial charge on any atom is -0.488 e. The Kier molecular flexibility index (Phi) is 7.95. The van der Waals surface area contributed by atoms with Crippen LogP contribution >= 0.6 is 0 Å². The summed E-state index contributed by atoms with van der Waals surface area (Å²) < 4.78 is 11.8. The molecule has 3 nitrogen and oxygen atoms in total. The summed E-state index contributed by atoms with van der Waals surface area (Å²) in [5.41, 5.74) is 5.94. The van der Waals surface area contributed by atoms with Gasteiger partial charge in [0.15, 0.2) is 0 Å². The fourth-order valence-electron chi connectivity index (χ4n) is 4.53. The van der Waals surface area contributed by atoms with Gasteiger partial charge in [-0.15, -0.1) is 0 Å². The molecule has 0 heterocycles. The Hall–Kier alpha value is -3.07. The molecule has 0 aliphatic carbocycles. The number of hydrogen-bond acceptors (Lipinski definition) is 3. The fourth-order valence-corrected chi connectivity index (χ4v) is 4.53. The van der Waals surface area contributed by atoms with E-state index in [0.29, 0.717) is 5.75 Å². The minimum atomic E-state index is -0.541. The van der Waals surface area contributed by atoms with E-state index in [-0.39, 0.29) is 22.4 Å². The number of carbonyl (C=O) groups is 1. The van der Waals surface area contributed by atoms with Gasteiger partial charge in [0.2, 0.25) is 0 Å². The molecule has 0 radical (unpaired) electrons. The van der Waals surface area contributed by atoms with Crippen molar-refractivity contribution < 1.29 is 14.3 Å². The Morgan fingerprint density at radius 3 is 1.26 bits per heavy atom. The number of ether oxygens (including phenoxy) is 2. The van der Waals surface area contributed by atoms with Crippen LogP contribution in [-0.4, -0.2) is 11.6 Å². The Balaban J connectivity index is 1.85. The number of benzene rings is 3. The average Bonchev–Trinajstić information content (AvgIpc) is 2.80. The van der Waals surface area contributed by atoms with E-state index in [4.69, 9.17) is 9.47 Å². The summed E-state index contributed by atoms with van der Waals surface area (Å²) in [6, 6.07) is 21.6. The van der Waals surface area contributed by atoms with Gasteiger partial charge in [-0.3, -0.25) is 4.79 Å². The van der Waals surface area contributed by atoms with E-state index in [9.17, 15) is 4.79 Å². The van der Waals surface area contributed by atoms with E-state index < -0.39 is 5.41 Å². The van der Waals surface area contributed by atoms with E-state index in [1.165, 1.54) is 22.3 Å². The van der Waals surface area contributed by atoms with Crippen molar-refractivity contribution in [3.8, 4) is 11.5 Å². The number of rotatable bonds is 6. The molecule has 204 valence electrons. The van der Waals surface area contributed by atoms with Gasteiger partial charge in [0.25, 0.3) is 0 Å². The summed E-state index contributed by atoms with van der Waals surface area (Å²) in [5.74, 6) is 1.33. The van der Waals surface area contributed by atoms with E-state index in [0.717, 1.165) is 16.9 Å². The van der Waals surface area contributed by atoms with Crippen LogP contribution in [0, 0.1) is 19.3 Å². The van der Waals surface area contributed by atoms with Crippen molar-refractivity contribution >= 4 is 5.97 Å². The van der Waals surface area contributed by atoms with Gasteiger partial charge in [-0.25, -0.2) is 0 Å². The zero-order valence-electron chi connectivity index (χ0n) is 25.5. The van der Waals surface area contributed by atoms with Crippen LogP contribution in [0.15, 0.2) is 60.7 Å². The fraction of sp³-hybridized carbons (Fsp3) is 0.457. The molecule has 3 heteroatoms. The van der Waals surface area contributed by atoms with Crippen LogP contribution in [0.2, 0.25) is 0 Å². The molecule has 0 amide bonds. The molecule has 0 unspecified atom stereocenters. The first-order chi connectivity index (χ1) is 17.3. The second kappa shape index (κ2) is 10.2. The van der Waals surface area contributed by atoms with Crippen LogP contribution in [0.4, 0.5) is 0 Å². The van der Waals surface area contributed by atoms with Crippen molar-refractivity contribution in [2.24, 2.45) is 5.41 Å². The van der Waals surface area contributed by atoms with Gasteiger partial charge in [0.05, 0.1) is 5.41 Å². The van der Waals surface area contributed by atoms with Crippen molar-refractivity contribution in [2.45, 2.75) is 99.5 Å². The van der Waals surface area contributed by atoms with Gasteiger partial charge >= 0.3 is 5.97 Å². The molecule has 0 aromatic heterocycles. The quantitative estimate of drug-likeness (QED) is 0.243. The summed E-state index contributed by atoms with van der Waals surface area (Å²) in [7, 11) is 0. The molecule has 3 aromatic rings. The van der Waals surface area contributed by atoms with Crippen molar-refractivity contribution in [1.29, 1.82) is 0 Å². The first-order valence-corrected chi connectivity index (χ1v) is 13.6. The van der Waals surface area contributed by atoms with Crippen molar-refractivity contribution in [2.75, 3.05) is 0 Å². The van der Waals surface area contributed by atoms with Gasteiger partial charge in [-0.2, -0.15) is 0 Å². The van der Waals surface area contributed by atoms with E-state index >= 15 is 0 Å². The SMILES string of the molecule is Cc1cc(C(C)(C)c2ccc(C(C)(C)c3ccc(OC(C)(C)C)c(C)c3)cc2)ccc1OC(=O)C(C)(C)C. The van der Waals surface area contributed by atoms with Crippen molar-refractivity contribution in [3.05, 3.63) is 94.0 Å². The topological polar surface area (TPSA) is 35.5 Å². The highest BCUT2D eigenvalue weighted by atomic mass is 16.5. The lowest BCUT2D eigenvalue weighted by atomic mass is 9.74. The summed E-state index contributed by atoms with van der Waals surface area (Å²) in [5, 5.41) is 0. The molecule has 3 aromatic carbocycles.